The summed E-state index contributed by atoms with van der Waals surface area (Å²) < 4.78 is 27.4. The third-order valence-electron chi connectivity index (χ3n) is 3.36. The number of aryl methyl sites for hydroxylation is 1. The summed E-state index contributed by atoms with van der Waals surface area (Å²) in [7, 11) is -1.75. The van der Waals surface area contributed by atoms with Crippen LogP contribution < -0.4 is 5.32 Å². The van der Waals surface area contributed by atoms with Gasteiger partial charge in [-0.3, -0.25) is 0 Å². The van der Waals surface area contributed by atoms with Crippen molar-refractivity contribution in [3.05, 3.63) is 28.2 Å². The molecule has 0 saturated carbocycles. The molecule has 0 aliphatic carbocycles. The van der Waals surface area contributed by atoms with Crippen molar-refractivity contribution in [2.45, 2.75) is 24.3 Å². The van der Waals surface area contributed by atoms with Gasteiger partial charge >= 0.3 is 0 Å². The van der Waals surface area contributed by atoms with Crippen molar-refractivity contribution in [2.75, 3.05) is 20.1 Å². The molecule has 0 radical (unpaired) electrons. The van der Waals surface area contributed by atoms with Gasteiger partial charge in [0.05, 0.1) is 4.90 Å². The minimum atomic E-state index is -3.41. The molecule has 2 rings (SSSR count). The van der Waals surface area contributed by atoms with E-state index in [0.29, 0.717) is 4.90 Å². The normalized spacial score (nSPS) is 20.6. The van der Waals surface area contributed by atoms with Gasteiger partial charge in [0.2, 0.25) is 10.0 Å². The summed E-state index contributed by atoms with van der Waals surface area (Å²) >= 11 is 3.33. The van der Waals surface area contributed by atoms with Crippen LogP contribution in [0, 0.1) is 6.92 Å². The number of nitrogens with one attached hydrogen (secondary N) is 1. The van der Waals surface area contributed by atoms with Crippen LogP contribution in [0.1, 0.15) is 12.0 Å². The summed E-state index contributed by atoms with van der Waals surface area (Å²) in [5.74, 6) is 0. The van der Waals surface area contributed by atoms with Gasteiger partial charge in [0.1, 0.15) is 0 Å². The van der Waals surface area contributed by atoms with Gasteiger partial charge in [0.25, 0.3) is 0 Å². The van der Waals surface area contributed by atoms with E-state index in [0.717, 1.165) is 29.5 Å². The van der Waals surface area contributed by atoms with Gasteiger partial charge in [-0.05, 0) is 37.6 Å². The van der Waals surface area contributed by atoms with Gasteiger partial charge in [0.15, 0.2) is 0 Å². The maximum absolute atomic E-state index is 12.6. The van der Waals surface area contributed by atoms with E-state index in [2.05, 4.69) is 21.2 Å². The van der Waals surface area contributed by atoms with Crippen molar-refractivity contribution >= 4 is 26.0 Å². The van der Waals surface area contributed by atoms with Crippen molar-refractivity contribution in [1.29, 1.82) is 0 Å². The van der Waals surface area contributed by atoms with Gasteiger partial charge < -0.3 is 5.32 Å². The molecular formula is C12H17BrN2O2S. The highest BCUT2D eigenvalue weighted by Crippen LogP contribution is 2.25. The van der Waals surface area contributed by atoms with Crippen LogP contribution >= 0.6 is 15.9 Å². The zero-order valence-corrected chi connectivity index (χ0v) is 12.9. The summed E-state index contributed by atoms with van der Waals surface area (Å²) in [6, 6.07) is 5.39. The van der Waals surface area contributed by atoms with Crippen molar-refractivity contribution in [2.24, 2.45) is 0 Å². The highest BCUT2D eigenvalue weighted by atomic mass is 79.9. The van der Waals surface area contributed by atoms with E-state index in [1.165, 1.54) is 4.31 Å². The molecule has 0 spiro atoms. The molecule has 0 amide bonds. The van der Waals surface area contributed by atoms with Crippen LogP contribution in [-0.2, 0) is 10.0 Å². The average Bonchev–Trinajstić information content (AvgIpc) is 2.84. The van der Waals surface area contributed by atoms with Crippen molar-refractivity contribution in [3.8, 4) is 0 Å². The summed E-state index contributed by atoms with van der Waals surface area (Å²) in [6.45, 7) is 3.42. The highest BCUT2D eigenvalue weighted by Gasteiger charge is 2.30. The molecule has 0 bridgehead atoms. The molecule has 0 aromatic heterocycles. The van der Waals surface area contributed by atoms with Crippen LogP contribution in [0.25, 0.3) is 0 Å². The number of hydrogen-bond donors (Lipinski definition) is 1. The minimum absolute atomic E-state index is 0.0494. The predicted molar refractivity (Wildman–Crippen MR) is 75.1 cm³/mol. The van der Waals surface area contributed by atoms with Crippen LogP contribution in [0.4, 0.5) is 0 Å². The Bertz CT molecular complexity index is 539. The van der Waals surface area contributed by atoms with E-state index in [1.807, 2.05) is 19.1 Å². The van der Waals surface area contributed by atoms with Crippen molar-refractivity contribution in [1.82, 2.24) is 9.62 Å². The Morgan fingerprint density at radius 1 is 1.44 bits per heavy atom. The molecule has 100 valence electrons. The van der Waals surface area contributed by atoms with Crippen molar-refractivity contribution < 1.29 is 8.42 Å². The maximum atomic E-state index is 12.6. The molecule has 1 atom stereocenters. The summed E-state index contributed by atoms with van der Waals surface area (Å²) in [5, 5.41) is 3.19. The first-order chi connectivity index (χ1) is 8.43. The Kier molecular flexibility index (Phi) is 4.11. The molecule has 1 aliphatic heterocycles. The van der Waals surface area contributed by atoms with Crippen LogP contribution in [0.15, 0.2) is 27.6 Å². The van der Waals surface area contributed by atoms with E-state index in [-0.39, 0.29) is 6.04 Å². The second-order valence-corrected chi connectivity index (χ2v) is 7.46. The van der Waals surface area contributed by atoms with E-state index >= 15 is 0 Å². The average molecular weight is 333 g/mol. The Morgan fingerprint density at radius 3 is 2.78 bits per heavy atom. The zero-order valence-electron chi connectivity index (χ0n) is 10.5. The summed E-state index contributed by atoms with van der Waals surface area (Å²) in [4.78, 5) is 0.381. The summed E-state index contributed by atoms with van der Waals surface area (Å²) in [5.41, 5.74) is 0.774. The first-order valence-corrected chi connectivity index (χ1v) is 8.11. The van der Waals surface area contributed by atoms with Gasteiger partial charge in [0, 0.05) is 24.1 Å². The van der Waals surface area contributed by atoms with E-state index in [9.17, 15) is 8.42 Å². The molecule has 1 aromatic carbocycles. The van der Waals surface area contributed by atoms with Crippen LogP contribution in [0.2, 0.25) is 0 Å². The van der Waals surface area contributed by atoms with Crippen LogP contribution in [0.3, 0.4) is 0 Å². The monoisotopic (exact) mass is 332 g/mol. The van der Waals surface area contributed by atoms with Crippen molar-refractivity contribution in [3.63, 3.8) is 0 Å². The molecule has 1 aliphatic rings. The quantitative estimate of drug-likeness (QED) is 0.917. The Hall–Kier alpha value is -0.430. The number of rotatable bonds is 3. The zero-order chi connectivity index (χ0) is 13.3. The number of likely N-dealkylation sites (N-methyl/N-ethyl adjacent to an activating group) is 1. The predicted octanol–water partition coefficient (Wildman–Crippen LogP) is 1.74. The fourth-order valence-electron chi connectivity index (χ4n) is 2.15. The number of halogens is 1. The van der Waals surface area contributed by atoms with E-state index in [1.54, 1.807) is 13.1 Å². The number of nitrogens with zero attached hydrogens (tertiary/aromatic N) is 1. The molecule has 1 N–H and O–H groups in total. The van der Waals surface area contributed by atoms with Crippen LogP contribution in [0.5, 0.6) is 0 Å². The molecule has 4 nitrogen and oxygen atoms in total. The molecule has 0 unspecified atom stereocenters. The van der Waals surface area contributed by atoms with Gasteiger partial charge in [-0.1, -0.05) is 22.0 Å². The second-order valence-electron chi connectivity index (χ2n) is 4.58. The Morgan fingerprint density at radius 2 is 2.17 bits per heavy atom. The smallest absolute Gasteiger partial charge is 0.243 e. The lowest BCUT2D eigenvalue weighted by Crippen LogP contribution is -2.38. The van der Waals surface area contributed by atoms with E-state index in [4.69, 9.17) is 0 Å². The lowest BCUT2D eigenvalue weighted by molar-refractivity contribution is 0.387. The van der Waals surface area contributed by atoms with Crippen LogP contribution in [-0.4, -0.2) is 38.9 Å². The fraction of sp³-hybridized carbons (Fsp3) is 0.500. The fourth-order valence-corrected chi connectivity index (χ4v) is 4.30. The Labute approximate surface area is 117 Å². The standard InChI is InChI=1S/C12H17BrN2O2S/c1-9-3-4-10(13)7-12(9)18(16,17)15(2)11-5-6-14-8-11/h3-4,7,11,14H,5-6,8H2,1-2H3/t11-/m1/s1. The highest BCUT2D eigenvalue weighted by molar-refractivity contribution is 9.10. The number of benzene rings is 1. The third kappa shape index (κ3) is 2.61. The van der Waals surface area contributed by atoms with Gasteiger partial charge in [-0.15, -0.1) is 0 Å². The first-order valence-electron chi connectivity index (χ1n) is 5.88. The lowest BCUT2D eigenvalue weighted by Gasteiger charge is -2.24. The lowest BCUT2D eigenvalue weighted by atomic mass is 10.2. The number of sulfonamides is 1. The second kappa shape index (κ2) is 5.28. The molecule has 1 fully saturated rings. The van der Waals surface area contributed by atoms with Gasteiger partial charge in [-0.2, -0.15) is 4.31 Å². The molecular weight excluding hydrogens is 316 g/mol. The number of hydrogen-bond acceptors (Lipinski definition) is 3. The molecule has 6 heteroatoms. The van der Waals surface area contributed by atoms with E-state index < -0.39 is 10.0 Å². The maximum Gasteiger partial charge on any atom is 0.243 e. The topological polar surface area (TPSA) is 49.4 Å². The SMILES string of the molecule is Cc1ccc(Br)cc1S(=O)(=O)N(C)[C@@H]1CCNC1. The molecule has 18 heavy (non-hydrogen) atoms. The molecule has 1 heterocycles. The third-order valence-corrected chi connectivity index (χ3v) is 5.90. The van der Waals surface area contributed by atoms with Gasteiger partial charge in [-0.25, -0.2) is 8.42 Å². The molecule has 1 aromatic rings. The Balaban J connectivity index is 2.37. The first kappa shape index (κ1) is 14.0. The largest absolute Gasteiger partial charge is 0.315 e. The summed E-state index contributed by atoms with van der Waals surface area (Å²) in [6.07, 6.45) is 0.864. The minimum Gasteiger partial charge on any atom is -0.315 e. The molecule has 1 saturated heterocycles.